The summed E-state index contributed by atoms with van der Waals surface area (Å²) in [6, 6.07) is 7.87. The smallest absolute Gasteiger partial charge is 0.119 e. The van der Waals surface area contributed by atoms with Crippen molar-refractivity contribution >= 4 is 11.8 Å². The van der Waals surface area contributed by atoms with Crippen LogP contribution >= 0.6 is 11.8 Å². The molecule has 0 heterocycles. The minimum atomic E-state index is -0.458. The fourth-order valence-electron chi connectivity index (χ4n) is 1.23. The molecule has 2 N–H and O–H groups in total. The van der Waals surface area contributed by atoms with Crippen LogP contribution in [-0.2, 0) is 0 Å². The molecule has 4 heteroatoms. The van der Waals surface area contributed by atoms with Crippen LogP contribution < -0.4 is 10.1 Å². The maximum Gasteiger partial charge on any atom is 0.119 e. The van der Waals surface area contributed by atoms with E-state index in [1.807, 2.05) is 37.4 Å². The molecular formula is C12H19NO2S. The van der Waals surface area contributed by atoms with Gasteiger partial charge in [-0.3, -0.25) is 0 Å². The van der Waals surface area contributed by atoms with E-state index >= 15 is 0 Å². The predicted octanol–water partition coefficient (Wildman–Crippen LogP) is 1.76. The molecule has 0 radical (unpaired) electrons. The maximum absolute atomic E-state index is 9.55. The van der Waals surface area contributed by atoms with Gasteiger partial charge in [-0.1, -0.05) is 6.92 Å². The summed E-state index contributed by atoms with van der Waals surface area (Å²) in [7, 11) is 0. The molecule has 0 aromatic heterocycles. The van der Waals surface area contributed by atoms with Gasteiger partial charge in [0.05, 0.1) is 0 Å². The highest BCUT2D eigenvalue weighted by Crippen LogP contribution is 2.18. The van der Waals surface area contributed by atoms with Gasteiger partial charge in [0.1, 0.15) is 18.5 Å². The van der Waals surface area contributed by atoms with E-state index < -0.39 is 6.10 Å². The topological polar surface area (TPSA) is 41.5 Å². The minimum Gasteiger partial charge on any atom is -0.491 e. The van der Waals surface area contributed by atoms with Gasteiger partial charge in [-0.05, 0) is 37.1 Å². The van der Waals surface area contributed by atoms with Crippen LogP contribution in [-0.4, -0.2) is 37.2 Å². The SMILES string of the molecule is CCNCC(O)COc1ccc(SC)cc1. The number of thioether (sulfide) groups is 1. The second kappa shape index (κ2) is 7.54. The Labute approximate surface area is 101 Å². The number of hydrogen-bond acceptors (Lipinski definition) is 4. The van der Waals surface area contributed by atoms with Crippen LogP contribution in [0.25, 0.3) is 0 Å². The second-order valence-electron chi connectivity index (χ2n) is 3.45. The Morgan fingerprint density at radius 1 is 1.38 bits per heavy atom. The Morgan fingerprint density at radius 3 is 2.62 bits per heavy atom. The average Bonchev–Trinajstić information content (AvgIpc) is 2.34. The number of likely N-dealkylation sites (N-methyl/N-ethyl adjacent to an activating group) is 1. The molecule has 16 heavy (non-hydrogen) atoms. The molecule has 0 aliphatic carbocycles. The second-order valence-corrected chi connectivity index (χ2v) is 4.33. The number of rotatable bonds is 7. The maximum atomic E-state index is 9.55. The van der Waals surface area contributed by atoms with E-state index in [2.05, 4.69) is 5.32 Å². The highest BCUT2D eigenvalue weighted by molar-refractivity contribution is 7.98. The monoisotopic (exact) mass is 241 g/mol. The van der Waals surface area contributed by atoms with Crippen molar-refractivity contribution in [2.24, 2.45) is 0 Å². The van der Waals surface area contributed by atoms with Crippen molar-refractivity contribution in [3.63, 3.8) is 0 Å². The molecule has 90 valence electrons. The van der Waals surface area contributed by atoms with E-state index in [-0.39, 0.29) is 0 Å². The normalized spacial score (nSPS) is 12.4. The molecule has 0 saturated heterocycles. The summed E-state index contributed by atoms with van der Waals surface area (Å²) >= 11 is 1.70. The fraction of sp³-hybridized carbons (Fsp3) is 0.500. The lowest BCUT2D eigenvalue weighted by molar-refractivity contribution is 0.107. The minimum absolute atomic E-state index is 0.325. The van der Waals surface area contributed by atoms with Crippen molar-refractivity contribution in [2.45, 2.75) is 17.9 Å². The van der Waals surface area contributed by atoms with E-state index in [0.29, 0.717) is 13.2 Å². The van der Waals surface area contributed by atoms with Crippen LogP contribution in [0.1, 0.15) is 6.92 Å². The Morgan fingerprint density at radius 2 is 2.06 bits per heavy atom. The van der Waals surface area contributed by atoms with E-state index in [1.54, 1.807) is 11.8 Å². The Hall–Kier alpha value is -0.710. The predicted molar refractivity (Wildman–Crippen MR) is 68.3 cm³/mol. The van der Waals surface area contributed by atoms with E-state index in [4.69, 9.17) is 4.74 Å². The summed E-state index contributed by atoms with van der Waals surface area (Å²) in [6.07, 6.45) is 1.58. The third-order valence-electron chi connectivity index (χ3n) is 2.13. The molecule has 1 unspecified atom stereocenters. The Balaban J connectivity index is 2.30. The van der Waals surface area contributed by atoms with Gasteiger partial charge in [0.25, 0.3) is 0 Å². The molecule has 0 bridgehead atoms. The molecule has 0 spiro atoms. The fourth-order valence-corrected chi connectivity index (χ4v) is 1.64. The molecule has 1 rings (SSSR count). The van der Waals surface area contributed by atoms with Gasteiger partial charge in [-0.2, -0.15) is 0 Å². The third-order valence-corrected chi connectivity index (χ3v) is 2.88. The molecule has 1 aromatic rings. The quantitative estimate of drug-likeness (QED) is 0.714. The van der Waals surface area contributed by atoms with Gasteiger partial charge in [-0.15, -0.1) is 11.8 Å². The molecule has 3 nitrogen and oxygen atoms in total. The van der Waals surface area contributed by atoms with Gasteiger partial charge >= 0.3 is 0 Å². The van der Waals surface area contributed by atoms with Crippen molar-refractivity contribution in [2.75, 3.05) is 26.0 Å². The first-order valence-corrected chi connectivity index (χ1v) is 6.64. The first kappa shape index (κ1) is 13.4. The molecule has 0 aliphatic rings. The molecule has 0 amide bonds. The van der Waals surface area contributed by atoms with Gasteiger partial charge < -0.3 is 15.2 Å². The summed E-state index contributed by atoms with van der Waals surface area (Å²) in [5.41, 5.74) is 0. The number of ether oxygens (including phenoxy) is 1. The summed E-state index contributed by atoms with van der Waals surface area (Å²) in [5.74, 6) is 0.799. The summed E-state index contributed by atoms with van der Waals surface area (Å²) in [5, 5.41) is 12.6. The molecule has 0 saturated carbocycles. The van der Waals surface area contributed by atoms with Crippen LogP contribution in [0.15, 0.2) is 29.2 Å². The molecule has 1 aromatic carbocycles. The van der Waals surface area contributed by atoms with E-state index in [9.17, 15) is 5.11 Å². The van der Waals surface area contributed by atoms with Gasteiger partial charge in [0.15, 0.2) is 0 Å². The van der Waals surface area contributed by atoms with E-state index in [0.717, 1.165) is 12.3 Å². The lowest BCUT2D eigenvalue weighted by Gasteiger charge is -2.12. The van der Waals surface area contributed by atoms with Crippen LogP contribution in [0.2, 0.25) is 0 Å². The van der Waals surface area contributed by atoms with Gasteiger partial charge in [-0.25, -0.2) is 0 Å². The van der Waals surface area contributed by atoms with Crippen LogP contribution in [0.3, 0.4) is 0 Å². The first-order valence-electron chi connectivity index (χ1n) is 5.42. The standard InChI is InChI=1S/C12H19NO2S/c1-3-13-8-10(14)9-15-11-4-6-12(16-2)7-5-11/h4-7,10,13-14H,3,8-9H2,1-2H3. The largest absolute Gasteiger partial charge is 0.491 e. The van der Waals surface area contributed by atoms with Crippen molar-refractivity contribution < 1.29 is 9.84 Å². The van der Waals surface area contributed by atoms with Crippen molar-refractivity contribution in [3.05, 3.63) is 24.3 Å². The van der Waals surface area contributed by atoms with Crippen LogP contribution in [0.5, 0.6) is 5.75 Å². The lowest BCUT2D eigenvalue weighted by atomic mass is 10.3. The summed E-state index contributed by atoms with van der Waals surface area (Å²) < 4.78 is 5.47. The third kappa shape index (κ3) is 4.88. The molecule has 0 fully saturated rings. The molecule has 1 atom stereocenters. The molecule has 0 aliphatic heterocycles. The first-order chi connectivity index (χ1) is 7.76. The van der Waals surface area contributed by atoms with Crippen molar-refractivity contribution in [1.29, 1.82) is 0 Å². The zero-order valence-corrected chi connectivity index (χ0v) is 10.6. The van der Waals surface area contributed by atoms with Gasteiger partial charge in [0.2, 0.25) is 0 Å². The summed E-state index contributed by atoms with van der Waals surface area (Å²) in [6.45, 7) is 3.76. The van der Waals surface area contributed by atoms with Crippen LogP contribution in [0.4, 0.5) is 0 Å². The zero-order chi connectivity index (χ0) is 11.8. The lowest BCUT2D eigenvalue weighted by Crippen LogP contribution is -2.31. The van der Waals surface area contributed by atoms with Gasteiger partial charge in [0, 0.05) is 11.4 Å². The number of nitrogens with one attached hydrogen (secondary N) is 1. The highest BCUT2D eigenvalue weighted by Gasteiger charge is 2.03. The highest BCUT2D eigenvalue weighted by atomic mass is 32.2. The van der Waals surface area contributed by atoms with E-state index in [1.165, 1.54) is 4.90 Å². The average molecular weight is 241 g/mol. The van der Waals surface area contributed by atoms with Crippen LogP contribution in [0, 0.1) is 0 Å². The number of aliphatic hydroxyl groups is 1. The van der Waals surface area contributed by atoms with Crippen molar-refractivity contribution in [3.8, 4) is 5.75 Å². The Kier molecular flexibility index (Phi) is 6.30. The number of aliphatic hydroxyl groups excluding tert-OH is 1. The summed E-state index contributed by atoms with van der Waals surface area (Å²) in [4.78, 5) is 1.21. The Bertz CT molecular complexity index is 290. The van der Waals surface area contributed by atoms with Crippen molar-refractivity contribution in [1.82, 2.24) is 5.32 Å². The number of hydrogen-bond donors (Lipinski definition) is 2. The number of benzene rings is 1. The molecular weight excluding hydrogens is 222 g/mol. The zero-order valence-electron chi connectivity index (χ0n) is 9.77.